The third-order valence-electron chi connectivity index (χ3n) is 5.02. The average Bonchev–Trinajstić information content (AvgIpc) is 3.04. The monoisotopic (exact) mass is 380 g/mol. The summed E-state index contributed by atoms with van der Waals surface area (Å²) in [5.41, 5.74) is 0. The molecule has 24 heavy (non-hydrogen) atoms. The summed E-state index contributed by atoms with van der Waals surface area (Å²) in [6, 6.07) is -0.156. The van der Waals surface area contributed by atoms with Crippen molar-refractivity contribution in [2.24, 2.45) is 0 Å². The first-order chi connectivity index (χ1) is 11.2. The molecule has 0 bridgehead atoms. The van der Waals surface area contributed by atoms with E-state index in [4.69, 9.17) is 0 Å². The summed E-state index contributed by atoms with van der Waals surface area (Å²) in [5.74, 6) is 0.679. The summed E-state index contributed by atoms with van der Waals surface area (Å²) in [4.78, 5) is 16.3. The number of likely N-dealkylation sites (N-methyl/N-ethyl adjacent to an activating group) is 2. The van der Waals surface area contributed by atoms with Crippen LogP contribution in [-0.4, -0.2) is 93.7 Å². The van der Waals surface area contributed by atoms with Gasteiger partial charge in [0.1, 0.15) is 0 Å². The van der Waals surface area contributed by atoms with Crippen molar-refractivity contribution in [2.75, 3.05) is 49.2 Å². The molecule has 2 heterocycles. The fraction of sp³-hybridized carbons (Fsp3) is 0.933. The number of Topliss-reactive ketones (excluding diaryl/α,β-unsaturated/α-hetero) is 1. The van der Waals surface area contributed by atoms with Crippen molar-refractivity contribution >= 4 is 25.5 Å². The minimum absolute atomic E-state index is 0.0206. The van der Waals surface area contributed by atoms with E-state index in [1.54, 1.807) is 0 Å². The van der Waals surface area contributed by atoms with Gasteiger partial charge in [-0.25, -0.2) is 16.8 Å². The van der Waals surface area contributed by atoms with E-state index in [9.17, 15) is 21.6 Å². The van der Waals surface area contributed by atoms with Gasteiger partial charge in [-0.3, -0.25) is 14.6 Å². The number of hydrogen-bond acceptors (Lipinski definition) is 7. The van der Waals surface area contributed by atoms with Crippen molar-refractivity contribution in [2.45, 2.75) is 38.8 Å². The number of hydrogen-bond donors (Lipinski definition) is 0. The maximum atomic E-state index is 12.4. The lowest BCUT2D eigenvalue weighted by Crippen LogP contribution is -2.45. The van der Waals surface area contributed by atoms with Crippen LogP contribution in [-0.2, 0) is 24.5 Å². The van der Waals surface area contributed by atoms with Gasteiger partial charge in [-0.2, -0.15) is 0 Å². The lowest BCUT2D eigenvalue weighted by molar-refractivity contribution is -0.122. The maximum Gasteiger partial charge on any atom is 0.160 e. The van der Waals surface area contributed by atoms with Gasteiger partial charge >= 0.3 is 0 Å². The Bertz CT molecular complexity index is 603. The molecule has 0 radical (unpaired) electrons. The number of ketones is 1. The van der Waals surface area contributed by atoms with E-state index in [-0.39, 0.29) is 54.0 Å². The number of rotatable bonds is 8. The fourth-order valence-corrected chi connectivity index (χ4v) is 7.15. The van der Waals surface area contributed by atoms with E-state index in [1.165, 1.54) is 0 Å². The first-order valence-electron chi connectivity index (χ1n) is 8.56. The molecular formula is C15H28N2O5S2. The van der Waals surface area contributed by atoms with Gasteiger partial charge in [-0.1, -0.05) is 13.8 Å². The highest BCUT2D eigenvalue weighted by molar-refractivity contribution is 7.91. The second kappa shape index (κ2) is 7.80. The Morgan fingerprint density at radius 1 is 0.833 bits per heavy atom. The molecule has 0 amide bonds. The maximum absolute atomic E-state index is 12.4. The molecule has 0 unspecified atom stereocenters. The summed E-state index contributed by atoms with van der Waals surface area (Å²) in [6.45, 7) is 5.59. The van der Waals surface area contributed by atoms with Gasteiger partial charge in [0.2, 0.25) is 0 Å². The number of nitrogens with zero attached hydrogens (tertiary/aromatic N) is 2. The molecule has 2 fully saturated rings. The molecule has 140 valence electrons. The summed E-state index contributed by atoms with van der Waals surface area (Å²) in [7, 11) is -5.94. The van der Waals surface area contributed by atoms with Crippen molar-refractivity contribution in [3.8, 4) is 0 Å². The third-order valence-corrected chi connectivity index (χ3v) is 8.52. The number of carbonyl (C=O) groups excluding carboxylic acids is 1. The van der Waals surface area contributed by atoms with Crippen LogP contribution in [0.4, 0.5) is 0 Å². The molecule has 0 spiro atoms. The SMILES string of the molecule is CCN(CC(=O)CN(CC)[C@H]1CCS(=O)(=O)C1)[C@@H]1CCS(=O)(=O)C1. The van der Waals surface area contributed by atoms with Crippen LogP contribution in [0.15, 0.2) is 0 Å². The Balaban J connectivity index is 1.90. The largest absolute Gasteiger partial charge is 0.297 e. The highest BCUT2D eigenvalue weighted by Crippen LogP contribution is 2.19. The van der Waals surface area contributed by atoms with E-state index in [2.05, 4.69) is 0 Å². The molecule has 2 aliphatic heterocycles. The summed E-state index contributed by atoms with van der Waals surface area (Å²) in [5, 5.41) is 0. The highest BCUT2D eigenvalue weighted by Gasteiger charge is 2.34. The highest BCUT2D eigenvalue weighted by atomic mass is 32.2. The zero-order chi connectivity index (χ0) is 18.0. The Hall–Kier alpha value is -0.510. The Morgan fingerprint density at radius 2 is 1.21 bits per heavy atom. The van der Waals surface area contributed by atoms with Crippen LogP contribution >= 0.6 is 0 Å². The van der Waals surface area contributed by atoms with Gasteiger partial charge in [-0.05, 0) is 25.9 Å². The van der Waals surface area contributed by atoms with Crippen LogP contribution in [0.3, 0.4) is 0 Å². The average molecular weight is 381 g/mol. The van der Waals surface area contributed by atoms with Crippen LogP contribution in [0.25, 0.3) is 0 Å². The molecule has 0 aliphatic carbocycles. The molecule has 0 N–H and O–H groups in total. The zero-order valence-electron chi connectivity index (χ0n) is 14.5. The van der Waals surface area contributed by atoms with Gasteiger partial charge in [0, 0.05) is 12.1 Å². The summed E-state index contributed by atoms with van der Waals surface area (Å²) >= 11 is 0. The van der Waals surface area contributed by atoms with Crippen molar-refractivity contribution in [3.05, 3.63) is 0 Å². The normalized spacial score (nSPS) is 28.7. The van der Waals surface area contributed by atoms with Crippen LogP contribution in [0.2, 0.25) is 0 Å². The first-order valence-corrected chi connectivity index (χ1v) is 12.2. The molecule has 0 aromatic rings. The van der Waals surface area contributed by atoms with E-state index < -0.39 is 19.7 Å². The van der Waals surface area contributed by atoms with Gasteiger partial charge in [0.15, 0.2) is 25.5 Å². The van der Waals surface area contributed by atoms with Crippen molar-refractivity contribution in [1.29, 1.82) is 0 Å². The molecule has 2 atom stereocenters. The van der Waals surface area contributed by atoms with Gasteiger partial charge in [0.25, 0.3) is 0 Å². The first kappa shape index (κ1) is 19.8. The van der Waals surface area contributed by atoms with E-state index in [0.29, 0.717) is 25.9 Å². The van der Waals surface area contributed by atoms with Crippen molar-refractivity contribution in [1.82, 2.24) is 9.80 Å². The fourth-order valence-electron chi connectivity index (χ4n) is 3.63. The minimum Gasteiger partial charge on any atom is -0.297 e. The van der Waals surface area contributed by atoms with E-state index in [0.717, 1.165) is 0 Å². The second-order valence-corrected chi connectivity index (χ2v) is 11.2. The lowest BCUT2D eigenvalue weighted by Gasteiger charge is -2.29. The number of sulfone groups is 2. The standard InChI is InChI=1S/C15H28N2O5S2/c1-3-16(13-5-7-23(19,20)11-13)9-15(18)10-17(4-2)14-6-8-24(21,22)12-14/h13-14H,3-12H2,1-2H3/t13-,14+. The smallest absolute Gasteiger partial charge is 0.160 e. The molecule has 2 rings (SSSR count). The Labute approximate surface area is 145 Å². The van der Waals surface area contributed by atoms with E-state index in [1.807, 2.05) is 23.6 Å². The predicted molar refractivity (Wildman–Crippen MR) is 93.6 cm³/mol. The molecule has 7 nitrogen and oxygen atoms in total. The van der Waals surface area contributed by atoms with Crippen molar-refractivity contribution in [3.63, 3.8) is 0 Å². The third kappa shape index (κ3) is 5.24. The van der Waals surface area contributed by atoms with Crippen LogP contribution in [0.5, 0.6) is 0 Å². The van der Waals surface area contributed by atoms with Crippen LogP contribution in [0, 0.1) is 0 Å². The van der Waals surface area contributed by atoms with Gasteiger partial charge < -0.3 is 0 Å². The molecule has 9 heteroatoms. The second-order valence-electron chi connectivity index (χ2n) is 6.78. The molecule has 0 aromatic carbocycles. The molecule has 2 aliphatic rings. The summed E-state index contributed by atoms with van der Waals surface area (Å²) < 4.78 is 46.5. The minimum atomic E-state index is -2.97. The molecule has 2 saturated heterocycles. The number of carbonyl (C=O) groups is 1. The Morgan fingerprint density at radius 3 is 1.46 bits per heavy atom. The quantitative estimate of drug-likeness (QED) is 0.564. The summed E-state index contributed by atoms with van der Waals surface area (Å²) in [6.07, 6.45) is 1.17. The van der Waals surface area contributed by atoms with Crippen molar-refractivity contribution < 1.29 is 21.6 Å². The Kier molecular flexibility index (Phi) is 6.44. The zero-order valence-corrected chi connectivity index (χ0v) is 16.1. The lowest BCUT2D eigenvalue weighted by atomic mass is 10.1. The molecular weight excluding hydrogens is 352 g/mol. The van der Waals surface area contributed by atoms with Crippen LogP contribution in [0.1, 0.15) is 26.7 Å². The van der Waals surface area contributed by atoms with Gasteiger partial charge in [0.05, 0.1) is 36.1 Å². The van der Waals surface area contributed by atoms with E-state index >= 15 is 0 Å². The molecule has 0 aromatic heterocycles. The van der Waals surface area contributed by atoms with Crippen LogP contribution < -0.4 is 0 Å². The topological polar surface area (TPSA) is 91.8 Å². The van der Waals surface area contributed by atoms with Gasteiger partial charge in [-0.15, -0.1) is 0 Å². The molecule has 0 saturated carbocycles. The predicted octanol–water partition coefficient (Wildman–Crippen LogP) is -0.426.